The number of rotatable bonds is 12. The highest BCUT2D eigenvalue weighted by Gasteiger charge is 2.42. The molecule has 0 heterocycles. The van der Waals surface area contributed by atoms with Crippen LogP contribution in [0, 0.1) is 17.3 Å². The molecule has 0 spiro atoms. The lowest BCUT2D eigenvalue weighted by atomic mass is 9.62. The van der Waals surface area contributed by atoms with Crippen molar-refractivity contribution in [2.24, 2.45) is 17.3 Å². The standard InChI is InChI=1S/C23H35ClO4/c1-2-13-23(14-8-15-23)21(26)11-7-10-18-17(19(24)16-20(18)25)9-5-3-4-6-12-22(27)28/h2-3,5,7,10,17-21,25-26H,1,4,6,8-9,11-16H2,(H,27,28)/b5-3-,10-7+/t17-,18-,19-,20-,21-/m1/s1. The third-order valence-electron chi connectivity index (χ3n) is 6.53. The average molecular weight is 411 g/mol. The minimum Gasteiger partial charge on any atom is -0.481 e. The second kappa shape index (κ2) is 11.2. The molecular weight excluding hydrogens is 376 g/mol. The molecule has 0 aromatic rings. The number of aliphatic hydroxyl groups is 2. The van der Waals surface area contributed by atoms with Gasteiger partial charge in [-0.1, -0.05) is 36.8 Å². The van der Waals surface area contributed by atoms with Gasteiger partial charge < -0.3 is 15.3 Å². The summed E-state index contributed by atoms with van der Waals surface area (Å²) in [4.78, 5) is 10.5. The SMILES string of the molecule is C=CCC1([C@H](O)C/C=C/[C@@H]2[C@@H](C/C=C\CCCC(=O)O)[C@H](Cl)C[C@H]2O)CCC1. The van der Waals surface area contributed by atoms with Crippen LogP contribution in [0.4, 0.5) is 0 Å². The van der Waals surface area contributed by atoms with E-state index in [0.29, 0.717) is 19.3 Å². The number of carboxylic acid groups (broad SMARTS) is 1. The third kappa shape index (κ3) is 6.20. The lowest BCUT2D eigenvalue weighted by molar-refractivity contribution is -0.137. The molecule has 0 aromatic carbocycles. The lowest BCUT2D eigenvalue weighted by Crippen LogP contribution is -2.40. The molecule has 28 heavy (non-hydrogen) atoms. The number of aliphatic hydroxyl groups excluding tert-OH is 2. The zero-order chi connectivity index (χ0) is 20.6. The second-order valence-corrected chi connectivity index (χ2v) is 9.00. The first kappa shape index (κ1) is 23.2. The number of carboxylic acids is 1. The van der Waals surface area contributed by atoms with Gasteiger partial charge in [0.25, 0.3) is 0 Å². The molecular formula is C23H35ClO4. The molecule has 0 bridgehead atoms. The molecule has 2 aliphatic carbocycles. The van der Waals surface area contributed by atoms with E-state index in [0.717, 1.165) is 32.1 Å². The van der Waals surface area contributed by atoms with E-state index in [9.17, 15) is 15.0 Å². The van der Waals surface area contributed by atoms with Crippen molar-refractivity contribution in [1.82, 2.24) is 0 Å². The van der Waals surface area contributed by atoms with Crippen LogP contribution in [0.15, 0.2) is 37.0 Å². The average Bonchev–Trinajstić information content (AvgIpc) is 2.87. The summed E-state index contributed by atoms with van der Waals surface area (Å²) in [7, 11) is 0. The maximum Gasteiger partial charge on any atom is 0.303 e. The fourth-order valence-corrected chi connectivity index (χ4v) is 5.07. The van der Waals surface area contributed by atoms with E-state index >= 15 is 0 Å². The molecule has 0 amide bonds. The largest absolute Gasteiger partial charge is 0.481 e. The first-order valence-corrected chi connectivity index (χ1v) is 11.0. The van der Waals surface area contributed by atoms with Crippen molar-refractivity contribution in [3.8, 4) is 0 Å². The highest BCUT2D eigenvalue weighted by molar-refractivity contribution is 6.21. The second-order valence-electron chi connectivity index (χ2n) is 8.44. The van der Waals surface area contributed by atoms with Crippen molar-refractivity contribution < 1.29 is 20.1 Å². The van der Waals surface area contributed by atoms with Gasteiger partial charge in [0.1, 0.15) is 0 Å². The van der Waals surface area contributed by atoms with Gasteiger partial charge in [0.15, 0.2) is 0 Å². The Bertz CT molecular complexity index is 567. The molecule has 2 rings (SSSR count). The van der Waals surface area contributed by atoms with Crippen LogP contribution in [0.3, 0.4) is 0 Å². The van der Waals surface area contributed by atoms with Crippen molar-refractivity contribution in [3.63, 3.8) is 0 Å². The summed E-state index contributed by atoms with van der Waals surface area (Å²) in [5, 5.41) is 29.6. The summed E-state index contributed by atoms with van der Waals surface area (Å²) in [6.07, 6.45) is 16.9. The van der Waals surface area contributed by atoms with E-state index in [2.05, 4.69) is 12.7 Å². The van der Waals surface area contributed by atoms with Gasteiger partial charge in [-0.2, -0.15) is 0 Å². The summed E-state index contributed by atoms with van der Waals surface area (Å²) < 4.78 is 0. The molecule has 5 atom stereocenters. The summed E-state index contributed by atoms with van der Waals surface area (Å²) in [5.74, 6) is -0.612. The number of halogens is 1. The van der Waals surface area contributed by atoms with Crippen LogP contribution in [0.1, 0.15) is 64.2 Å². The zero-order valence-corrected chi connectivity index (χ0v) is 17.4. The Hall–Kier alpha value is -1.10. The first-order chi connectivity index (χ1) is 13.4. The number of aliphatic carboxylic acids is 1. The number of unbranched alkanes of at least 4 members (excludes halogenated alkanes) is 1. The number of carbonyl (C=O) groups is 1. The van der Waals surface area contributed by atoms with Crippen molar-refractivity contribution in [1.29, 1.82) is 0 Å². The molecule has 0 aromatic heterocycles. The Kier molecular flexibility index (Phi) is 9.26. The van der Waals surface area contributed by atoms with Gasteiger partial charge in [0.2, 0.25) is 0 Å². The summed E-state index contributed by atoms with van der Waals surface area (Å²) in [6.45, 7) is 3.82. The van der Waals surface area contributed by atoms with Crippen LogP contribution in [0.5, 0.6) is 0 Å². The van der Waals surface area contributed by atoms with Crippen molar-refractivity contribution in [2.45, 2.75) is 81.8 Å². The molecule has 2 aliphatic rings. The van der Waals surface area contributed by atoms with E-state index in [1.807, 2.05) is 24.3 Å². The normalized spacial score (nSPS) is 30.5. The van der Waals surface area contributed by atoms with E-state index in [-0.39, 0.29) is 35.2 Å². The van der Waals surface area contributed by atoms with Crippen LogP contribution in [-0.4, -0.2) is 38.9 Å². The third-order valence-corrected chi connectivity index (χ3v) is 7.03. The molecule has 2 saturated carbocycles. The minimum atomic E-state index is -0.766. The Morgan fingerprint density at radius 1 is 1.29 bits per heavy atom. The zero-order valence-electron chi connectivity index (χ0n) is 16.7. The summed E-state index contributed by atoms with van der Waals surface area (Å²) in [5.41, 5.74) is -0.00646. The summed E-state index contributed by atoms with van der Waals surface area (Å²) in [6, 6.07) is 0. The Labute approximate surface area is 174 Å². The highest BCUT2D eigenvalue weighted by atomic mass is 35.5. The van der Waals surface area contributed by atoms with Gasteiger partial charge in [-0.15, -0.1) is 18.2 Å². The van der Waals surface area contributed by atoms with Crippen LogP contribution in [-0.2, 0) is 4.79 Å². The predicted molar refractivity (Wildman–Crippen MR) is 113 cm³/mol. The van der Waals surface area contributed by atoms with E-state index in [1.54, 1.807) is 0 Å². The Morgan fingerprint density at radius 2 is 2.04 bits per heavy atom. The Morgan fingerprint density at radius 3 is 2.64 bits per heavy atom. The van der Waals surface area contributed by atoms with E-state index in [1.165, 1.54) is 6.42 Å². The molecule has 2 fully saturated rings. The molecule has 0 saturated heterocycles. The van der Waals surface area contributed by atoms with Crippen LogP contribution >= 0.6 is 11.6 Å². The number of hydrogen-bond acceptors (Lipinski definition) is 3. The predicted octanol–water partition coefficient (Wildman–Crippen LogP) is 4.85. The smallest absolute Gasteiger partial charge is 0.303 e. The maximum atomic E-state index is 10.6. The van der Waals surface area contributed by atoms with Gasteiger partial charge >= 0.3 is 5.97 Å². The van der Waals surface area contributed by atoms with E-state index < -0.39 is 12.1 Å². The van der Waals surface area contributed by atoms with Gasteiger partial charge in [0.05, 0.1) is 12.2 Å². The molecule has 0 aliphatic heterocycles. The van der Waals surface area contributed by atoms with E-state index in [4.69, 9.17) is 16.7 Å². The minimum absolute atomic E-state index is 0.00452. The molecule has 0 unspecified atom stereocenters. The van der Waals surface area contributed by atoms with Crippen molar-refractivity contribution >= 4 is 17.6 Å². The van der Waals surface area contributed by atoms with Crippen LogP contribution < -0.4 is 0 Å². The van der Waals surface area contributed by atoms with Crippen molar-refractivity contribution in [3.05, 3.63) is 37.0 Å². The topological polar surface area (TPSA) is 77.8 Å². The molecule has 4 nitrogen and oxygen atoms in total. The molecule has 0 radical (unpaired) electrons. The lowest BCUT2D eigenvalue weighted by Gasteiger charge is -2.45. The summed E-state index contributed by atoms with van der Waals surface area (Å²) >= 11 is 6.47. The fourth-order valence-electron chi connectivity index (χ4n) is 4.61. The number of hydrogen-bond donors (Lipinski definition) is 3. The maximum absolute atomic E-state index is 10.6. The fraction of sp³-hybridized carbons (Fsp3) is 0.696. The molecule has 5 heteroatoms. The highest BCUT2D eigenvalue weighted by Crippen LogP contribution is 2.48. The van der Waals surface area contributed by atoms with Gasteiger partial charge in [0, 0.05) is 23.1 Å². The first-order valence-electron chi connectivity index (χ1n) is 10.5. The van der Waals surface area contributed by atoms with Gasteiger partial charge in [-0.25, -0.2) is 0 Å². The Balaban J connectivity index is 1.85. The van der Waals surface area contributed by atoms with Crippen LogP contribution in [0.2, 0.25) is 0 Å². The number of alkyl halides is 1. The van der Waals surface area contributed by atoms with Crippen molar-refractivity contribution in [2.75, 3.05) is 0 Å². The van der Waals surface area contributed by atoms with Crippen LogP contribution in [0.25, 0.3) is 0 Å². The molecule has 3 N–H and O–H groups in total. The molecule has 158 valence electrons. The monoisotopic (exact) mass is 410 g/mol. The number of allylic oxidation sites excluding steroid dienone is 3. The van der Waals surface area contributed by atoms with Gasteiger partial charge in [-0.05, 0) is 57.3 Å². The quantitative estimate of drug-likeness (QED) is 0.244. The van der Waals surface area contributed by atoms with Gasteiger partial charge in [-0.3, -0.25) is 4.79 Å².